The summed E-state index contributed by atoms with van der Waals surface area (Å²) in [5.74, 6) is -2.24. The molecule has 38 heavy (non-hydrogen) atoms. The van der Waals surface area contributed by atoms with E-state index in [1.165, 1.54) is 40.7 Å². The van der Waals surface area contributed by atoms with E-state index in [0.717, 1.165) is 23.5 Å². The molecule has 3 N–H and O–H groups in total. The first kappa shape index (κ1) is 27.5. The molecule has 1 aliphatic heterocycles. The van der Waals surface area contributed by atoms with Crippen molar-refractivity contribution in [1.82, 2.24) is 4.31 Å². The number of anilines is 2. The molecule has 15 heteroatoms. The molecule has 0 radical (unpaired) electrons. The van der Waals surface area contributed by atoms with Crippen LogP contribution < -0.4 is 10.0 Å². The van der Waals surface area contributed by atoms with Gasteiger partial charge in [-0.2, -0.15) is 4.31 Å². The highest BCUT2D eigenvalue weighted by Crippen LogP contribution is 2.26. The molecule has 1 aliphatic rings. The molecular formula is C23H23N3O9S3. The molecule has 1 fully saturated rings. The summed E-state index contributed by atoms with van der Waals surface area (Å²) in [5, 5.41) is 14.3. The number of thiophene rings is 1. The van der Waals surface area contributed by atoms with Crippen LogP contribution in [0.2, 0.25) is 0 Å². The lowest BCUT2D eigenvalue weighted by molar-refractivity contribution is -0.119. The molecule has 0 saturated carbocycles. The van der Waals surface area contributed by atoms with Crippen LogP contribution in [0.5, 0.6) is 5.75 Å². The Morgan fingerprint density at radius 3 is 2.32 bits per heavy atom. The average molecular weight is 582 g/mol. The number of morpholine rings is 1. The van der Waals surface area contributed by atoms with Gasteiger partial charge in [-0.15, -0.1) is 11.3 Å². The van der Waals surface area contributed by atoms with Crippen molar-refractivity contribution in [3.05, 3.63) is 65.5 Å². The number of phenolic OH excluding ortho intramolecular Hbond substituents is 1. The number of ether oxygens (including phenoxy) is 2. The summed E-state index contributed by atoms with van der Waals surface area (Å²) < 4.78 is 63.8. The number of carbonyl (C=O) groups is 2. The summed E-state index contributed by atoms with van der Waals surface area (Å²) in [7, 11) is -7.52. The standard InChI is InChI=1S/C23H23N3O9S3/c27-20-14-17(25-37(30,31)22-2-1-13-36-22)5-8-19(20)23(29)35-15-21(28)24-16-3-6-18(7-4-16)38(32,33)26-9-11-34-12-10-26/h1-8,13-14,25,27H,9-12,15H2,(H,24,28). The van der Waals surface area contributed by atoms with Gasteiger partial charge in [0.25, 0.3) is 15.9 Å². The van der Waals surface area contributed by atoms with E-state index in [9.17, 15) is 31.5 Å². The number of phenols is 1. The molecule has 0 unspecified atom stereocenters. The predicted octanol–water partition coefficient (Wildman–Crippen LogP) is 2.07. The molecule has 0 atom stereocenters. The molecule has 4 rings (SSSR count). The molecule has 1 aromatic heterocycles. The summed E-state index contributed by atoms with van der Waals surface area (Å²) in [6.07, 6.45) is 0. The normalized spacial score (nSPS) is 14.5. The van der Waals surface area contributed by atoms with Crippen molar-refractivity contribution < 1.29 is 41.0 Å². The third-order valence-corrected chi connectivity index (χ3v) is 10.0. The van der Waals surface area contributed by atoms with Gasteiger partial charge in [0, 0.05) is 24.8 Å². The van der Waals surface area contributed by atoms with Crippen LogP contribution in [-0.4, -0.2) is 71.0 Å². The number of esters is 1. The number of amides is 1. The van der Waals surface area contributed by atoms with E-state index in [1.807, 2.05) is 0 Å². The fourth-order valence-electron chi connectivity index (χ4n) is 3.44. The molecule has 0 aliphatic carbocycles. The number of hydrogen-bond donors (Lipinski definition) is 3. The Hall–Kier alpha value is -3.50. The van der Waals surface area contributed by atoms with E-state index in [0.29, 0.717) is 13.2 Å². The van der Waals surface area contributed by atoms with Gasteiger partial charge in [-0.1, -0.05) is 6.07 Å². The number of carbonyl (C=O) groups excluding carboxylic acids is 2. The van der Waals surface area contributed by atoms with Gasteiger partial charge >= 0.3 is 5.97 Å². The van der Waals surface area contributed by atoms with E-state index in [4.69, 9.17) is 9.47 Å². The number of aromatic hydroxyl groups is 1. The summed E-state index contributed by atoms with van der Waals surface area (Å²) >= 11 is 1.02. The number of nitrogens with one attached hydrogen (secondary N) is 2. The van der Waals surface area contributed by atoms with Crippen LogP contribution >= 0.6 is 11.3 Å². The van der Waals surface area contributed by atoms with E-state index in [2.05, 4.69) is 10.0 Å². The first-order chi connectivity index (χ1) is 18.1. The van der Waals surface area contributed by atoms with Crippen LogP contribution in [0.4, 0.5) is 11.4 Å². The third kappa shape index (κ3) is 6.49. The summed E-state index contributed by atoms with van der Waals surface area (Å²) in [4.78, 5) is 24.6. The van der Waals surface area contributed by atoms with Crippen LogP contribution in [-0.2, 0) is 34.3 Å². The van der Waals surface area contributed by atoms with Crippen molar-refractivity contribution in [2.45, 2.75) is 9.10 Å². The molecule has 0 spiro atoms. The third-order valence-electron chi connectivity index (χ3n) is 5.31. The average Bonchev–Trinajstić information content (AvgIpc) is 3.44. The second-order valence-electron chi connectivity index (χ2n) is 7.93. The number of nitrogens with zero attached hydrogens (tertiary/aromatic N) is 1. The van der Waals surface area contributed by atoms with Gasteiger partial charge in [0.2, 0.25) is 10.0 Å². The molecule has 0 bridgehead atoms. The van der Waals surface area contributed by atoms with Gasteiger partial charge in [0.05, 0.1) is 23.8 Å². The zero-order valence-corrected chi connectivity index (χ0v) is 22.1. The molecule has 12 nitrogen and oxygen atoms in total. The van der Waals surface area contributed by atoms with E-state index in [-0.39, 0.29) is 39.1 Å². The minimum Gasteiger partial charge on any atom is -0.507 e. The SMILES string of the molecule is O=C(COC(=O)c1ccc(NS(=O)(=O)c2cccs2)cc1O)Nc1ccc(S(=O)(=O)N2CCOCC2)cc1. The first-order valence-corrected chi connectivity index (χ1v) is 14.9. The molecule has 202 valence electrons. The van der Waals surface area contributed by atoms with Crippen LogP contribution in [0.1, 0.15) is 10.4 Å². The largest absolute Gasteiger partial charge is 0.507 e. The van der Waals surface area contributed by atoms with Gasteiger partial charge in [-0.05, 0) is 47.8 Å². The number of hydrogen-bond acceptors (Lipinski definition) is 10. The van der Waals surface area contributed by atoms with Gasteiger partial charge in [-0.3, -0.25) is 9.52 Å². The Morgan fingerprint density at radius 1 is 1.00 bits per heavy atom. The van der Waals surface area contributed by atoms with Crippen molar-refractivity contribution in [2.24, 2.45) is 0 Å². The molecule has 3 aromatic rings. The zero-order chi connectivity index (χ0) is 27.3. The van der Waals surface area contributed by atoms with Crippen molar-refractivity contribution in [3.8, 4) is 5.75 Å². The zero-order valence-electron chi connectivity index (χ0n) is 19.7. The predicted molar refractivity (Wildman–Crippen MR) is 138 cm³/mol. The second-order valence-corrected chi connectivity index (χ2v) is 12.7. The van der Waals surface area contributed by atoms with Gasteiger partial charge in [0.1, 0.15) is 15.5 Å². The molecule has 2 heterocycles. The topological polar surface area (TPSA) is 168 Å². The maximum Gasteiger partial charge on any atom is 0.342 e. The highest BCUT2D eigenvalue weighted by Gasteiger charge is 2.26. The lowest BCUT2D eigenvalue weighted by atomic mass is 10.2. The monoisotopic (exact) mass is 581 g/mol. The van der Waals surface area contributed by atoms with E-state index in [1.54, 1.807) is 11.4 Å². The summed E-state index contributed by atoms with van der Waals surface area (Å²) in [5.41, 5.74) is 0.0519. The lowest BCUT2D eigenvalue weighted by Gasteiger charge is -2.26. The Labute approximate surface area is 222 Å². The molecule has 1 amide bonds. The highest BCUT2D eigenvalue weighted by molar-refractivity contribution is 7.94. The Balaban J connectivity index is 1.31. The van der Waals surface area contributed by atoms with Crippen LogP contribution in [0.25, 0.3) is 0 Å². The van der Waals surface area contributed by atoms with Crippen molar-refractivity contribution in [2.75, 3.05) is 42.9 Å². The molecule has 1 saturated heterocycles. The highest BCUT2D eigenvalue weighted by atomic mass is 32.2. The fourth-order valence-corrected chi connectivity index (χ4v) is 6.89. The lowest BCUT2D eigenvalue weighted by Crippen LogP contribution is -2.40. The number of benzene rings is 2. The summed E-state index contributed by atoms with van der Waals surface area (Å²) in [6.45, 7) is 0.480. The molecular weight excluding hydrogens is 558 g/mol. The van der Waals surface area contributed by atoms with Crippen LogP contribution in [0.3, 0.4) is 0 Å². The van der Waals surface area contributed by atoms with Gasteiger partial charge in [0.15, 0.2) is 6.61 Å². The second kappa shape index (κ2) is 11.5. The van der Waals surface area contributed by atoms with Crippen LogP contribution in [0.15, 0.2) is 69.1 Å². The van der Waals surface area contributed by atoms with Crippen molar-refractivity contribution in [1.29, 1.82) is 0 Å². The first-order valence-electron chi connectivity index (χ1n) is 11.1. The van der Waals surface area contributed by atoms with Crippen LogP contribution in [0, 0.1) is 0 Å². The maximum atomic E-state index is 12.7. The summed E-state index contributed by atoms with van der Waals surface area (Å²) in [6, 6.07) is 12.0. The maximum absolute atomic E-state index is 12.7. The fraction of sp³-hybridized carbons (Fsp3) is 0.217. The number of rotatable bonds is 9. The van der Waals surface area contributed by atoms with Crippen molar-refractivity contribution >= 4 is 54.6 Å². The van der Waals surface area contributed by atoms with Gasteiger partial charge in [-0.25, -0.2) is 21.6 Å². The Morgan fingerprint density at radius 2 is 1.68 bits per heavy atom. The van der Waals surface area contributed by atoms with E-state index >= 15 is 0 Å². The molecule has 2 aromatic carbocycles. The quantitative estimate of drug-likeness (QED) is 0.320. The Kier molecular flexibility index (Phi) is 8.32. The minimum absolute atomic E-state index is 0.0317. The van der Waals surface area contributed by atoms with E-state index < -0.39 is 44.3 Å². The number of sulfonamides is 2. The minimum atomic E-state index is -3.84. The Bertz CT molecular complexity index is 1520. The van der Waals surface area contributed by atoms with Gasteiger partial charge < -0.3 is 19.9 Å². The smallest absolute Gasteiger partial charge is 0.342 e. The van der Waals surface area contributed by atoms with Crippen molar-refractivity contribution in [3.63, 3.8) is 0 Å².